The monoisotopic (exact) mass is 384 g/mol. The van der Waals surface area contributed by atoms with Gasteiger partial charge in [0.1, 0.15) is 16.7 Å². The zero-order valence-corrected chi connectivity index (χ0v) is 15.6. The minimum atomic E-state index is -0.0527. The van der Waals surface area contributed by atoms with Crippen LogP contribution < -0.4 is 10.6 Å². The van der Waals surface area contributed by atoms with E-state index in [1.807, 2.05) is 19.1 Å². The van der Waals surface area contributed by atoms with Crippen LogP contribution >= 0.6 is 34.8 Å². The minimum Gasteiger partial charge on any atom is -0.362 e. The molecule has 7 heteroatoms. The van der Waals surface area contributed by atoms with Crippen molar-refractivity contribution in [1.29, 1.82) is 0 Å². The maximum atomic E-state index is 6.29. The highest BCUT2D eigenvalue weighted by molar-refractivity contribution is 6.35. The highest BCUT2D eigenvalue weighted by Crippen LogP contribution is 2.31. The van der Waals surface area contributed by atoms with E-state index in [-0.39, 0.29) is 6.04 Å². The highest BCUT2D eigenvalue weighted by Gasteiger charge is 2.20. The van der Waals surface area contributed by atoms with Gasteiger partial charge in [-0.25, -0.2) is 9.97 Å². The van der Waals surface area contributed by atoms with Gasteiger partial charge in [0.25, 0.3) is 0 Å². The van der Waals surface area contributed by atoms with Crippen LogP contribution in [-0.4, -0.2) is 23.1 Å². The first-order chi connectivity index (χ1) is 11.5. The average Bonchev–Trinajstić information content (AvgIpc) is 2.57. The van der Waals surface area contributed by atoms with Crippen molar-refractivity contribution in [3.05, 3.63) is 50.9 Å². The van der Waals surface area contributed by atoms with Crippen molar-refractivity contribution in [3.8, 4) is 0 Å². The predicted octanol–water partition coefficient (Wildman–Crippen LogP) is 5.08. The van der Waals surface area contributed by atoms with Gasteiger partial charge in [-0.2, -0.15) is 0 Å². The number of piperidine rings is 1. The number of aromatic nitrogens is 2. The lowest BCUT2D eigenvalue weighted by atomic mass is 9.97. The van der Waals surface area contributed by atoms with Gasteiger partial charge < -0.3 is 10.6 Å². The molecule has 2 N–H and O–H groups in total. The number of anilines is 1. The van der Waals surface area contributed by atoms with E-state index < -0.39 is 0 Å². The van der Waals surface area contributed by atoms with Crippen LogP contribution in [0.2, 0.25) is 15.1 Å². The summed E-state index contributed by atoms with van der Waals surface area (Å²) in [5, 5.41) is 8.43. The van der Waals surface area contributed by atoms with Crippen LogP contribution in [-0.2, 0) is 0 Å². The maximum absolute atomic E-state index is 6.29. The van der Waals surface area contributed by atoms with Crippen molar-refractivity contribution in [1.82, 2.24) is 15.3 Å². The molecule has 2 heterocycles. The second-order valence-electron chi connectivity index (χ2n) is 5.98. The van der Waals surface area contributed by atoms with Crippen LogP contribution in [0.1, 0.15) is 43.1 Å². The van der Waals surface area contributed by atoms with Gasteiger partial charge in [-0.3, -0.25) is 0 Å². The van der Waals surface area contributed by atoms with Crippen LogP contribution in [0.25, 0.3) is 0 Å². The zero-order valence-electron chi connectivity index (χ0n) is 13.3. The molecule has 0 amide bonds. The van der Waals surface area contributed by atoms with Crippen molar-refractivity contribution in [2.24, 2.45) is 0 Å². The average molecular weight is 386 g/mol. The fourth-order valence-electron chi connectivity index (χ4n) is 2.89. The molecule has 0 aliphatic carbocycles. The Morgan fingerprint density at radius 1 is 1.17 bits per heavy atom. The van der Waals surface area contributed by atoms with Gasteiger partial charge in [0, 0.05) is 16.0 Å². The third-order valence-corrected chi connectivity index (χ3v) is 5.09. The number of nitrogens with zero attached hydrogens (tertiary/aromatic N) is 2. The summed E-state index contributed by atoms with van der Waals surface area (Å²) in [7, 11) is 0. The normalized spacial score (nSPS) is 16.8. The van der Waals surface area contributed by atoms with Crippen LogP contribution in [0.3, 0.4) is 0 Å². The first kappa shape index (κ1) is 17.7. The van der Waals surface area contributed by atoms with Crippen LogP contribution in [0.4, 0.5) is 5.82 Å². The number of halogens is 3. The molecule has 1 aromatic heterocycles. The number of hydrogen-bond acceptors (Lipinski definition) is 4. The van der Waals surface area contributed by atoms with Crippen LogP contribution in [0, 0.1) is 0 Å². The molecule has 4 nitrogen and oxygen atoms in total. The largest absolute Gasteiger partial charge is 0.362 e. The minimum absolute atomic E-state index is 0.0527. The molecule has 1 aromatic carbocycles. The molecule has 128 valence electrons. The fraction of sp³-hybridized carbons (Fsp3) is 0.412. The van der Waals surface area contributed by atoms with E-state index in [4.69, 9.17) is 34.8 Å². The Hall–Kier alpha value is -1.07. The molecule has 1 unspecified atom stereocenters. The molecule has 0 bridgehead atoms. The summed E-state index contributed by atoms with van der Waals surface area (Å²) in [5.41, 5.74) is 0.944. The first-order valence-corrected chi connectivity index (χ1v) is 9.12. The second-order valence-corrected chi connectivity index (χ2v) is 7.23. The zero-order chi connectivity index (χ0) is 17.1. The Kier molecular flexibility index (Phi) is 5.82. The first-order valence-electron chi connectivity index (χ1n) is 7.99. The van der Waals surface area contributed by atoms with Gasteiger partial charge in [-0.15, -0.1) is 0 Å². The Labute approximate surface area is 156 Å². The standard InChI is InChI=1S/C17H19Cl3N4/c1-10(13-3-2-12(18)8-14(13)19)23-17-15(20)9-22-16(24-17)11-4-6-21-7-5-11/h2-3,8-11,21H,4-7H2,1H3,(H,22,23,24). The number of rotatable bonds is 4. The molecule has 24 heavy (non-hydrogen) atoms. The lowest BCUT2D eigenvalue weighted by Gasteiger charge is -2.23. The van der Waals surface area contributed by atoms with E-state index in [0.29, 0.717) is 26.8 Å². The molecular formula is C17H19Cl3N4. The third-order valence-electron chi connectivity index (χ3n) is 4.25. The smallest absolute Gasteiger partial charge is 0.149 e. The van der Waals surface area contributed by atoms with Gasteiger partial charge in [0.15, 0.2) is 0 Å². The SMILES string of the molecule is CC(Nc1nc(C2CCNCC2)ncc1Cl)c1ccc(Cl)cc1Cl. The van der Waals surface area contributed by atoms with Gasteiger partial charge in [-0.05, 0) is 50.6 Å². The molecule has 0 saturated carbocycles. The molecule has 1 aliphatic rings. The van der Waals surface area contributed by atoms with Gasteiger partial charge >= 0.3 is 0 Å². The van der Waals surface area contributed by atoms with E-state index >= 15 is 0 Å². The third kappa shape index (κ3) is 4.12. The Bertz CT molecular complexity index is 717. The van der Waals surface area contributed by atoms with Crippen LogP contribution in [0.15, 0.2) is 24.4 Å². The van der Waals surface area contributed by atoms with Crippen molar-refractivity contribution in [2.45, 2.75) is 31.7 Å². The summed E-state index contributed by atoms with van der Waals surface area (Å²) in [6.45, 7) is 4.00. The summed E-state index contributed by atoms with van der Waals surface area (Å²) in [6, 6.07) is 5.41. The Morgan fingerprint density at radius 3 is 2.62 bits per heavy atom. The molecule has 1 fully saturated rings. The van der Waals surface area contributed by atoms with E-state index in [0.717, 1.165) is 37.3 Å². The maximum Gasteiger partial charge on any atom is 0.149 e. The molecule has 0 radical (unpaired) electrons. The highest BCUT2D eigenvalue weighted by atomic mass is 35.5. The van der Waals surface area contributed by atoms with Crippen LogP contribution in [0.5, 0.6) is 0 Å². The molecule has 1 atom stereocenters. The molecule has 2 aromatic rings. The van der Waals surface area contributed by atoms with E-state index in [1.165, 1.54) is 0 Å². The summed E-state index contributed by atoms with van der Waals surface area (Å²) >= 11 is 18.5. The molecule has 0 spiro atoms. The lowest BCUT2D eigenvalue weighted by molar-refractivity contribution is 0.445. The Morgan fingerprint density at radius 2 is 1.92 bits per heavy atom. The quantitative estimate of drug-likeness (QED) is 0.771. The van der Waals surface area contributed by atoms with Crippen molar-refractivity contribution >= 4 is 40.6 Å². The predicted molar refractivity (Wildman–Crippen MR) is 100 cm³/mol. The van der Waals surface area contributed by atoms with Crippen molar-refractivity contribution in [3.63, 3.8) is 0 Å². The van der Waals surface area contributed by atoms with E-state index in [1.54, 1.807) is 12.3 Å². The number of nitrogens with one attached hydrogen (secondary N) is 2. The topological polar surface area (TPSA) is 49.8 Å². The van der Waals surface area contributed by atoms with E-state index in [9.17, 15) is 0 Å². The van der Waals surface area contributed by atoms with Gasteiger partial charge in [0.2, 0.25) is 0 Å². The molecule has 1 saturated heterocycles. The summed E-state index contributed by atoms with van der Waals surface area (Å²) < 4.78 is 0. The summed E-state index contributed by atoms with van der Waals surface area (Å²) in [5.74, 6) is 1.86. The Balaban J connectivity index is 1.80. The molecule has 3 rings (SSSR count). The molecular weight excluding hydrogens is 367 g/mol. The number of benzene rings is 1. The number of hydrogen-bond donors (Lipinski definition) is 2. The summed E-state index contributed by atoms with van der Waals surface area (Å²) in [4.78, 5) is 9.08. The molecule has 1 aliphatic heterocycles. The van der Waals surface area contributed by atoms with Crippen molar-refractivity contribution < 1.29 is 0 Å². The van der Waals surface area contributed by atoms with Gasteiger partial charge in [0.05, 0.1) is 12.2 Å². The lowest BCUT2D eigenvalue weighted by Crippen LogP contribution is -2.27. The van der Waals surface area contributed by atoms with Crippen molar-refractivity contribution in [2.75, 3.05) is 18.4 Å². The summed E-state index contributed by atoms with van der Waals surface area (Å²) in [6.07, 6.45) is 3.75. The fourth-order valence-corrected chi connectivity index (χ4v) is 3.61. The second kappa shape index (κ2) is 7.87. The van der Waals surface area contributed by atoms with Gasteiger partial charge in [-0.1, -0.05) is 40.9 Å². The van der Waals surface area contributed by atoms with E-state index in [2.05, 4.69) is 20.6 Å².